The number of hydrogen-bond acceptors (Lipinski definition) is 7. The molecule has 5 rings (SSSR count). The van der Waals surface area contributed by atoms with Crippen molar-refractivity contribution in [2.75, 3.05) is 19.8 Å². The molecule has 0 aliphatic carbocycles. The lowest BCUT2D eigenvalue weighted by Crippen LogP contribution is -2.40. The van der Waals surface area contributed by atoms with Crippen LogP contribution in [-0.4, -0.2) is 30.4 Å². The lowest BCUT2D eigenvalue weighted by atomic mass is 9.95. The number of carbonyl (C=O) groups is 1. The van der Waals surface area contributed by atoms with Crippen LogP contribution < -0.4 is 24.4 Å². The van der Waals surface area contributed by atoms with Crippen LogP contribution in [0.25, 0.3) is 16.8 Å². The summed E-state index contributed by atoms with van der Waals surface area (Å²) in [4.78, 5) is 32.7. The third kappa shape index (κ3) is 5.07. The Bertz CT molecular complexity index is 1780. The Balaban J connectivity index is 1.78. The zero-order chi connectivity index (χ0) is 28.2. The SMILES string of the molecule is CCCOc1ccc2ccccc2c1/C=c1\sc2n(c1=O)[C@H](c1ccccc1OCC)C(C(=O)OCC)=C(C)N=2. The third-order valence-corrected chi connectivity index (χ3v) is 7.68. The molecule has 1 aromatic heterocycles. The molecule has 0 fully saturated rings. The van der Waals surface area contributed by atoms with E-state index in [2.05, 4.69) is 6.92 Å². The van der Waals surface area contributed by atoms with Crippen LogP contribution in [0.15, 0.2) is 81.7 Å². The maximum atomic E-state index is 14.2. The summed E-state index contributed by atoms with van der Waals surface area (Å²) in [7, 11) is 0. The fourth-order valence-corrected chi connectivity index (χ4v) is 6.00. The quantitative estimate of drug-likeness (QED) is 0.267. The number of allylic oxidation sites excluding steroid dienone is 1. The summed E-state index contributed by atoms with van der Waals surface area (Å²) >= 11 is 1.29. The Morgan fingerprint density at radius 3 is 2.52 bits per heavy atom. The molecule has 4 aromatic rings. The van der Waals surface area contributed by atoms with Crippen LogP contribution in [-0.2, 0) is 9.53 Å². The Morgan fingerprint density at radius 1 is 0.975 bits per heavy atom. The molecule has 3 aromatic carbocycles. The highest BCUT2D eigenvalue weighted by molar-refractivity contribution is 7.07. The number of carbonyl (C=O) groups excluding carboxylic acids is 1. The van der Waals surface area contributed by atoms with Crippen LogP contribution >= 0.6 is 11.3 Å². The summed E-state index contributed by atoms with van der Waals surface area (Å²) in [5, 5.41) is 2.04. The zero-order valence-electron chi connectivity index (χ0n) is 23.1. The van der Waals surface area contributed by atoms with Gasteiger partial charge in [0.1, 0.15) is 17.5 Å². The molecule has 0 unspecified atom stereocenters. The first-order valence-corrected chi connectivity index (χ1v) is 14.4. The Morgan fingerprint density at radius 2 is 1.75 bits per heavy atom. The Kier molecular flexibility index (Phi) is 8.16. The number of para-hydroxylation sites is 1. The number of thiazole rings is 1. The van der Waals surface area contributed by atoms with Gasteiger partial charge in [-0.25, -0.2) is 9.79 Å². The van der Waals surface area contributed by atoms with Crippen LogP contribution in [0.4, 0.5) is 0 Å². The predicted molar refractivity (Wildman–Crippen MR) is 158 cm³/mol. The molecular formula is C32H32N2O5S. The summed E-state index contributed by atoms with van der Waals surface area (Å²) in [6.45, 7) is 8.71. The van der Waals surface area contributed by atoms with Gasteiger partial charge in [-0.05, 0) is 56.2 Å². The molecule has 7 nitrogen and oxygen atoms in total. The Labute approximate surface area is 236 Å². The van der Waals surface area contributed by atoms with Crippen molar-refractivity contribution >= 4 is 34.2 Å². The number of ether oxygens (including phenoxy) is 3. The van der Waals surface area contributed by atoms with Gasteiger partial charge in [-0.2, -0.15) is 0 Å². The van der Waals surface area contributed by atoms with E-state index in [1.54, 1.807) is 18.4 Å². The van der Waals surface area contributed by atoms with E-state index in [-0.39, 0.29) is 12.2 Å². The number of nitrogens with zero attached hydrogens (tertiary/aromatic N) is 2. The van der Waals surface area contributed by atoms with Crippen molar-refractivity contribution in [3.05, 3.63) is 103 Å². The van der Waals surface area contributed by atoms with Gasteiger partial charge in [0, 0.05) is 11.1 Å². The van der Waals surface area contributed by atoms with Gasteiger partial charge >= 0.3 is 5.97 Å². The largest absolute Gasteiger partial charge is 0.494 e. The first kappa shape index (κ1) is 27.4. The highest BCUT2D eigenvalue weighted by atomic mass is 32.1. The maximum Gasteiger partial charge on any atom is 0.338 e. The Hall–Kier alpha value is -4.17. The second-order valence-electron chi connectivity index (χ2n) is 9.32. The molecule has 0 spiro atoms. The lowest BCUT2D eigenvalue weighted by Gasteiger charge is -2.26. The number of fused-ring (bicyclic) bond motifs is 2. The average Bonchev–Trinajstić information content (AvgIpc) is 3.26. The van der Waals surface area contributed by atoms with Gasteiger partial charge in [0.25, 0.3) is 5.56 Å². The fourth-order valence-electron chi connectivity index (χ4n) is 4.97. The van der Waals surface area contributed by atoms with E-state index in [4.69, 9.17) is 19.2 Å². The summed E-state index contributed by atoms with van der Waals surface area (Å²) in [6, 6.07) is 18.7. The van der Waals surface area contributed by atoms with E-state index >= 15 is 0 Å². The number of rotatable bonds is 9. The summed E-state index contributed by atoms with van der Waals surface area (Å²) in [6.07, 6.45) is 2.75. The van der Waals surface area contributed by atoms with E-state index in [9.17, 15) is 9.59 Å². The normalized spacial score (nSPS) is 15.1. The molecule has 1 atom stereocenters. The minimum absolute atomic E-state index is 0.210. The van der Waals surface area contributed by atoms with Crippen LogP contribution in [0.1, 0.15) is 51.3 Å². The van der Waals surface area contributed by atoms with Crippen LogP contribution in [0.3, 0.4) is 0 Å². The number of hydrogen-bond donors (Lipinski definition) is 0. The van der Waals surface area contributed by atoms with E-state index in [0.29, 0.717) is 50.9 Å². The molecule has 2 heterocycles. The van der Waals surface area contributed by atoms with Crippen molar-refractivity contribution in [1.29, 1.82) is 0 Å². The minimum atomic E-state index is -0.747. The molecule has 1 aliphatic heterocycles. The monoisotopic (exact) mass is 556 g/mol. The number of esters is 1. The highest BCUT2D eigenvalue weighted by Crippen LogP contribution is 2.36. The van der Waals surface area contributed by atoms with E-state index in [1.807, 2.05) is 73.7 Å². The molecule has 206 valence electrons. The standard InChI is InChI=1S/C32H32N2O5S/c1-5-18-39-26-17-16-21-12-8-9-13-22(21)24(26)19-27-30(35)34-29(23-14-10-11-15-25(23)37-6-2)28(31(36)38-7-3)20(4)33-32(34)40-27/h8-17,19,29H,5-7,18H2,1-4H3/b27-19-/t29-/m1/s1. The second-order valence-corrected chi connectivity index (χ2v) is 10.3. The first-order valence-electron chi connectivity index (χ1n) is 13.5. The molecule has 0 radical (unpaired) electrons. The summed E-state index contributed by atoms with van der Waals surface area (Å²) in [5.41, 5.74) is 2.13. The van der Waals surface area contributed by atoms with Crippen molar-refractivity contribution in [2.45, 2.75) is 40.2 Å². The van der Waals surface area contributed by atoms with Gasteiger partial charge < -0.3 is 14.2 Å². The molecule has 8 heteroatoms. The molecule has 1 aliphatic rings. The summed E-state index contributed by atoms with van der Waals surface area (Å²) < 4.78 is 19.5. The van der Waals surface area contributed by atoms with Crippen molar-refractivity contribution < 1.29 is 19.0 Å². The number of aromatic nitrogens is 1. The molecule has 0 bridgehead atoms. The van der Waals surface area contributed by atoms with E-state index in [0.717, 1.165) is 22.8 Å². The molecule has 0 saturated carbocycles. The average molecular weight is 557 g/mol. The predicted octanol–water partition coefficient (Wildman–Crippen LogP) is 5.14. The first-order chi connectivity index (χ1) is 19.5. The van der Waals surface area contributed by atoms with Gasteiger partial charge in [0.2, 0.25) is 0 Å². The van der Waals surface area contributed by atoms with Gasteiger partial charge in [0.05, 0.1) is 35.6 Å². The van der Waals surface area contributed by atoms with Crippen molar-refractivity contribution in [1.82, 2.24) is 4.57 Å². The van der Waals surface area contributed by atoms with Crippen LogP contribution in [0.5, 0.6) is 11.5 Å². The van der Waals surface area contributed by atoms with Gasteiger partial charge in [0.15, 0.2) is 4.80 Å². The maximum absolute atomic E-state index is 14.2. The van der Waals surface area contributed by atoms with Gasteiger partial charge in [-0.15, -0.1) is 0 Å². The molecule has 0 saturated heterocycles. The zero-order valence-corrected chi connectivity index (χ0v) is 23.9. The molecule has 0 N–H and O–H groups in total. The van der Waals surface area contributed by atoms with Crippen LogP contribution in [0.2, 0.25) is 0 Å². The van der Waals surface area contributed by atoms with Crippen LogP contribution in [0, 0.1) is 0 Å². The lowest BCUT2D eigenvalue weighted by molar-refractivity contribution is -0.139. The highest BCUT2D eigenvalue weighted by Gasteiger charge is 2.35. The van der Waals surface area contributed by atoms with E-state index < -0.39 is 12.0 Å². The van der Waals surface area contributed by atoms with Crippen molar-refractivity contribution in [3.8, 4) is 11.5 Å². The molecular weight excluding hydrogens is 524 g/mol. The van der Waals surface area contributed by atoms with Gasteiger partial charge in [-0.3, -0.25) is 9.36 Å². The smallest absolute Gasteiger partial charge is 0.338 e. The van der Waals surface area contributed by atoms with Crippen molar-refractivity contribution in [3.63, 3.8) is 0 Å². The molecule has 40 heavy (non-hydrogen) atoms. The summed E-state index contributed by atoms with van der Waals surface area (Å²) in [5.74, 6) is 0.817. The third-order valence-electron chi connectivity index (χ3n) is 6.70. The number of benzene rings is 3. The fraction of sp³-hybridized carbons (Fsp3) is 0.281. The van der Waals surface area contributed by atoms with Gasteiger partial charge in [-0.1, -0.05) is 66.8 Å². The van der Waals surface area contributed by atoms with Crippen molar-refractivity contribution in [2.24, 2.45) is 4.99 Å². The topological polar surface area (TPSA) is 79.1 Å². The molecule has 0 amide bonds. The van der Waals surface area contributed by atoms with E-state index in [1.165, 1.54) is 11.3 Å². The second kappa shape index (κ2) is 11.9. The minimum Gasteiger partial charge on any atom is -0.494 e.